The first-order valence-electron chi connectivity index (χ1n) is 6.10. The molecule has 0 bridgehead atoms. The van der Waals surface area contributed by atoms with Crippen LogP contribution in [0.4, 0.5) is 0 Å². The van der Waals surface area contributed by atoms with E-state index in [0.29, 0.717) is 6.54 Å². The van der Waals surface area contributed by atoms with Gasteiger partial charge in [-0.2, -0.15) is 0 Å². The predicted molar refractivity (Wildman–Crippen MR) is 63.6 cm³/mol. The topological polar surface area (TPSA) is 108 Å². The van der Waals surface area contributed by atoms with Gasteiger partial charge in [-0.25, -0.2) is 4.79 Å². The Morgan fingerprint density at radius 1 is 1.50 bits per heavy atom. The normalized spacial score (nSPS) is 19.6. The molecule has 2 amide bonds. The van der Waals surface area contributed by atoms with Crippen molar-refractivity contribution in [3.05, 3.63) is 0 Å². The number of aliphatic carboxylic acids is 1. The maximum Gasteiger partial charge on any atom is 0.341 e. The van der Waals surface area contributed by atoms with E-state index >= 15 is 0 Å². The minimum atomic E-state index is -1.15. The van der Waals surface area contributed by atoms with Crippen molar-refractivity contribution in [2.75, 3.05) is 13.1 Å². The third-order valence-electron chi connectivity index (χ3n) is 2.78. The number of hydrogen-bond donors (Lipinski definition) is 4. The molecule has 0 saturated carbocycles. The van der Waals surface area contributed by atoms with Crippen molar-refractivity contribution in [3.8, 4) is 0 Å². The molecule has 0 aliphatic carbocycles. The Hall–Kier alpha value is -1.63. The molecule has 1 rings (SSSR count). The zero-order chi connectivity index (χ0) is 13.5. The van der Waals surface area contributed by atoms with Gasteiger partial charge in [0, 0.05) is 6.54 Å². The number of carboxylic acid groups (broad SMARTS) is 1. The maximum atomic E-state index is 11.6. The lowest BCUT2D eigenvalue weighted by molar-refractivity contribution is -0.147. The molecule has 1 aliphatic rings. The highest BCUT2D eigenvalue weighted by atomic mass is 16.4. The van der Waals surface area contributed by atoms with Crippen LogP contribution in [0.15, 0.2) is 0 Å². The number of nitrogens with one attached hydrogen (secondary N) is 3. The summed E-state index contributed by atoms with van der Waals surface area (Å²) in [6.45, 7) is 2.83. The summed E-state index contributed by atoms with van der Waals surface area (Å²) >= 11 is 0. The maximum absolute atomic E-state index is 11.6. The monoisotopic (exact) mass is 257 g/mol. The molecule has 7 heteroatoms. The van der Waals surface area contributed by atoms with Gasteiger partial charge in [-0.1, -0.05) is 19.8 Å². The first kappa shape index (κ1) is 14.4. The third-order valence-corrected chi connectivity index (χ3v) is 2.78. The van der Waals surface area contributed by atoms with Crippen LogP contribution >= 0.6 is 0 Å². The second kappa shape index (κ2) is 6.95. The van der Waals surface area contributed by atoms with E-state index in [1.165, 1.54) is 0 Å². The minimum absolute atomic E-state index is 0.271. The van der Waals surface area contributed by atoms with E-state index in [4.69, 9.17) is 5.11 Å². The summed E-state index contributed by atoms with van der Waals surface area (Å²) in [5.74, 6) is -2.82. The molecule has 0 spiro atoms. The molecule has 2 unspecified atom stereocenters. The van der Waals surface area contributed by atoms with Gasteiger partial charge < -0.3 is 15.7 Å². The van der Waals surface area contributed by atoms with Gasteiger partial charge in [-0.3, -0.25) is 14.9 Å². The van der Waals surface area contributed by atoms with E-state index < -0.39 is 24.0 Å². The Labute approximate surface area is 105 Å². The van der Waals surface area contributed by atoms with Gasteiger partial charge in [0.25, 0.3) is 0 Å². The molecule has 2 atom stereocenters. The largest absolute Gasteiger partial charge is 0.479 e. The average molecular weight is 257 g/mol. The van der Waals surface area contributed by atoms with Crippen LogP contribution in [0.5, 0.6) is 0 Å². The van der Waals surface area contributed by atoms with Gasteiger partial charge in [0.05, 0.1) is 0 Å². The molecule has 1 aliphatic heterocycles. The molecule has 1 saturated heterocycles. The van der Waals surface area contributed by atoms with Gasteiger partial charge in [0.2, 0.25) is 11.8 Å². The molecule has 4 N–H and O–H groups in total. The highest BCUT2D eigenvalue weighted by molar-refractivity contribution is 6.05. The summed E-state index contributed by atoms with van der Waals surface area (Å²) in [6, 6.07) is 0. The lowest BCUT2D eigenvalue weighted by Crippen LogP contribution is -2.60. The Morgan fingerprint density at radius 2 is 2.22 bits per heavy atom. The molecular formula is C11H19N3O4. The van der Waals surface area contributed by atoms with Crippen molar-refractivity contribution in [2.45, 2.75) is 32.4 Å². The molecule has 1 fully saturated rings. The van der Waals surface area contributed by atoms with E-state index in [1.807, 2.05) is 6.92 Å². The number of β-lactam (4-membered cyclic amide) rings is 1. The summed E-state index contributed by atoms with van der Waals surface area (Å²) < 4.78 is 0. The van der Waals surface area contributed by atoms with Crippen molar-refractivity contribution in [2.24, 2.45) is 5.92 Å². The second-order valence-electron chi connectivity index (χ2n) is 4.24. The minimum Gasteiger partial charge on any atom is -0.479 e. The van der Waals surface area contributed by atoms with Crippen molar-refractivity contribution >= 4 is 17.8 Å². The fourth-order valence-electron chi connectivity index (χ4n) is 1.56. The molecule has 0 radical (unpaired) electrons. The molecule has 1 heterocycles. The van der Waals surface area contributed by atoms with Crippen molar-refractivity contribution in [3.63, 3.8) is 0 Å². The molecule has 7 nitrogen and oxygen atoms in total. The molecule has 102 valence electrons. The first-order valence-corrected chi connectivity index (χ1v) is 6.10. The summed E-state index contributed by atoms with van der Waals surface area (Å²) in [7, 11) is 0. The van der Waals surface area contributed by atoms with Crippen LogP contribution in [0, 0.1) is 5.92 Å². The van der Waals surface area contributed by atoms with E-state index in [-0.39, 0.29) is 12.5 Å². The number of hydrogen-bond acceptors (Lipinski definition) is 4. The number of carboxylic acids is 1. The lowest BCUT2D eigenvalue weighted by atomic mass is 10.0. The van der Waals surface area contributed by atoms with Gasteiger partial charge >= 0.3 is 5.97 Å². The van der Waals surface area contributed by atoms with Gasteiger partial charge in [0.15, 0.2) is 6.17 Å². The highest BCUT2D eigenvalue weighted by Gasteiger charge is 2.36. The summed E-state index contributed by atoms with van der Waals surface area (Å²) in [4.78, 5) is 33.5. The summed E-state index contributed by atoms with van der Waals surface area (Å²) in [5, 5.41) is 16.4. The molecule has 18 heavy (non-hydrogen) atoms. The number of unbranched alkanes of at least 4 members (excludes halogenated alkanes) is 2. The first-order chi connectivity index (χ1) is 8.56. The van der Waals surface area contributed by atoms with Gasteiger partial charge in [-0.15, -0.1) is 0 Å². The number of carbonyl (C=O) groups excluding carboxylic acids is 2. The quantitative estimate of drug-likeness (QED) is 0.194. The molecule has 0 aromatic carbocycles. The number of rotatable bonds is 8. The van der Waals surface area contributed by atoms with Crippen LogP contribution in [0.3, 0.4) is 0 Å². The van der Waals surface area contributed by atoms with Gasteiger partial charge in [-0.05, 0) is 13.0 Å². The number of carbonyl (C=O) groups is 3. The Balaban J connectivity index is 2.35. The van der Waals surface area contributed by atoms with Crippen LogP contribution in [0.1, 0.15) is 26.2 Å². The smallest absolute Gasteiger partial charge is 0.341 e. The van der Waals surface area contributed by atoms with Crippen molar-refractivity contribution in [1.82, 2.24) is 16.0 Å². The van der Waals surface area contributed by atoms with E-state index in [1.54, 1.807) is 0 Å². The van der Waals surface area contributed by atoms with Crippen LogP contribution in [-0.4, -0.2) is 42.1 Å². The molecular weight excluding hydrogens is 238 g/mol. The average Bonchev–Trinajstić information content (AvgIpc) is 2.30. The van der Waals surface area contributed by atoms with Crippen LogP contribution in [-0.2, 0) is 14.4 Å². The zero-order valence-corrected chi connectivity index (χ0v) is 10.4. The fourth-order valence-corrected chi connectivity index (χ4v) is 1.56. The van der Waals surface area contributed by atoms with E-state index in [2.05, 4.69) is 16.0 Å². The van der Waals surface area contributed by atoms with Crippen LogP contribution in [0.2, 0.25) is 0 Å². The predicted octanol–water partition coefficient (Wildman–Crippen LogP) is -0.961. The third kappa shape index (κ3) is 3.99. The highest BCUT2D eigenvalue weighted by Crippen LogP contribution is 2.05. The Bertz CT molecular complexity index is 332. The van der Waals surface area contributed by atoms with Crippen LogP contribution < -0.4 is 16.0 Å². The summed E-state index contributed by atoms with van der Waals surface area (Å²) in [6.07, 6.45) is 1.75. The second-order valence-corrected chi connectivity index (χ2v) is 4.24. The standard InChI is InChI=1S/C11H19N3O4/c1-2-3-4-5-12-8(11(17)18)14-10(16)7-6-13-9(7)15/h7-8,12H,2-6H2,1H3,(H,13,15)(H,14,16)(H,17,18). The molecule has 0 aromatic heterocycles. The fraction of sp³-hybridized carbons (Fsp3) is 0.727. The summed E-state index contributed by atoms with van der Waals surface area (Å²) in [5.41, 5.74) is 0. The van der Waals surface area contributed by atoms with E-state index in [9.17, 15) is 14.4 Å². The lowest BCUT2D eigenvalue weighted by Gasteiger charge is -2.26. The SMILES string of the molecule is CCCCCNC(NC(=O)C1CNC1=O)C(=O)O. The van der Waals surface area contributed by atoms with Crippen molar-refractivity contribution < 1.29 is 19.5 Å². The molecule has 0 aromatic rings. The van der Waals surface area contributed by atoms with E-state index in [0.717, 1.165) is 19.3 Å². The van der Waals surface area contributed by atoms with Crippen molar-refractivity contribution in [1.29, 1.82) is 0 Å². The zero-order valence-electron chi connectivity index (χ0n) is 10.4. The van der Waals surface area contributed by atoms with Gasteiger partial charge in [0.1, 0.15) is 5.92 Å². The van der Waals surface area contributed by atoms with Crippen LogP contribution in [0.25, 0.3) is 0 Å². The Kier molecular flexibility index (Phi) is 5.57. The Morgan fingerprint density at radius 3 is 2.67 bits per heavy atom. The number of amides is 2.